The maximum Gasteiger partial charge on any atom is 0.231 e. The van der Waals surface area contributed by atoms with Gasteiger partial charge in [0.15, 0.2) is 5.76 Å². The molecule has 1 aromatic heterocycles. The molecule has 4 heteroatoms. The van der Waals surface area contributed by atoms with Crippen LogP contribution in [0.5, 0.6) is 5.75 Å². The van der Waals surface area contributed by atoms with E-state index < -0.39 is 0 Å². The van der Waals surface area contributed by atoms with Gasteiger partial charge in [0.2, 0.25) is 5.78 Å². The molecule has 2 aromatic carbocycles. The number of para-hydroxylation sites is 1. The van der Waals surface area contributed by atoms with E-state index in [1.165, 1.54) is 7.11 Å². The first-order chi connectivity index (χ1) is 9.70. The molecule has 0 unspecified atom stereocenters. The molecule has 0 spiro atoms. The lowest BCUT2D eigenvalue weighted by molar-refractivity contribution is 0.101. The fourth-order valence-electron chi connectivity index (χ4n) is 2.10. The Kier molecular flexibility index (Phi) is 3.20. The van der Waals surface area contributed by atoms with E-state index >= 15 is 0 Å². The highest BCUT2D eigenvalue weighted by atomic mass is 35.5. The average Bonchev–Trinajstić information content (AvgIpc) is 2.92. The van der Waals surface area contributed by atoms with Crippen molar-refractivity contribution in [2.24, 2.45) is 0 Å². The summed E-state index contributed by atoms with van der Waals surface area (Å²) >= 11 is 6.08. The molecule has 3 nitrogen and oxygen atoms in total. The number of furan rings is 1. The normalized spacial score (nSPS) is 10.7. The minimum absolute atomic E-state index is 0.227. The molecular formula is C16H11ClO3. The molecule has 0 aliphatic carbocycles. The third kappa shape index (κ3) is 2.06. The molecule has 3 rings (SSSR count). The molecule has 1 heterocycles. The highest BCUT2D eigenvalue weighted by Crippen LogP contribution is 2.29. The highest BCUT2D eigenvalue weighted by Gasteiger charge is 2.18. The Hall–Kier alpha value is -2.26. The largest absolute Gasteiger partial charge is 0.496 e. The highest BCUT2D eigenvalue weighted by molar-refractivity contribution is 6.35. The molecule has 0 amide bonds. The number of ketones is 1. The molecule has 0 aliphatic rings. The van der Waals surface area contributed by atoms with E-state index in [0.717, 1.165) is 5.39 Å². The van der Waals surface area contributed by atoms with Crippen molar-refractivity contribution in [2.75, 3.05) is 7.11 Å². The topological polar surface area (TPSA) is 39.4 Å². The van der Waals surface area contributed by atoms with Crippen molar-refractivity contribution in [1.29, 1.82) is 0 Å². The number of carbonyl (C=O) groups is 1. The van der Waals surface area contributed by atoms with Crippen LogP contribution in [-0.2, 0) is 0 Å². The number of hydrogen-bond donors (Lipinski definition) is 0. The van der Waals surface area contributed by atoms with Gasteiger partial charge in [-0.1, -0.05) is 29.8 Å². The van der Waals surface area contributed by atoms with E-state index in [1.807, 2.05) is 6.07 Å². The quantitative estimate of drug-likeness (QED) is 0.673. The van der Waals surface area contributed by atoms with Crippen LogP contribution in [0.4, 0.5) is 0 Å². The summed E-state index contributed by atoms with van der Waals surface area (Å²) in [6.07, 6.45) is 0. The lowest BCUT2D eigenvalue weighted by Crippen LogP contribution is -2.02. The van der Waals surface area contributed by atoms with Crippen LogP contribution in [0, 0.1) is 0 Å². The Balaban J connectivity index is 2.11. The van der Waals surface area contributed by atoms with Crippen LogP contribution in [0.25, 0.3) is 11.0 Å². The van der Waals surface area contributed by atoms with Crippen molar-refractivity contribution < 1.29 is 13.9 Å². The van der Waals surface area contributed by atoms with Crippen molar-refractivity contribution in [3.05, 3.63) is 64.9 Å². The first kappa shape index (κ1) is 12.8. The minimum Gasteiger partial charge on any atom is -0.496 e. The smallest absolute Gasteiger partial charge is 0.231 e. The van der Waals surface area contributed by atoms with Crippen molar-refractivity contribution in [3.63, 3.8) is 0 Å². The van der Waals surface area contributed by atoms with Gasteiger partial charge in [-0.25, -0.2) is 0 Å². The van der Waals surface area contributed by atoms with Crippen molar-refractivity contribution >= 4 is 28.4 Å². The van der Waals surface area contributed by atoms with Gasteiger partial charge in [0, 0.05) is 5.39 Å². The molecule has 0 fully saturated rings. The number of carbonyl (C=O) groups excluding carboxylic acids is 1. The van der Waals surface area contributed by atoms with E-state index in [1.54, 1.807) is 42.5 Å². The molecule has 0 atom stereocenters. The monoisotopic (exact) mass is 286 g/mol. The predicted molar refractivity (Wildman–Crippen MR) is 77.7 cm³/mol. The van der Waals surface area contributed by atoms with Gasteiger partial charge in [-0.05, 0) is 30.3 Å². The lowest BCUT2D eigenvalue weighted by atomic mass is 10.1. The van der Waals surface area contributed by atoms with Gasteiger partial charge in [-0.3, -0.25) is 4.79 Å². The Labute approximate surface area is 120 Å². The van der Waals surface area contributed by atoms with Gasteiger partial charge < -0.3 is 9.15 Å². The fourth-order valence-corrected chi connectivity index (χ4v) is 2.32. The maximum atomic E-state index is 12.5. The molecule has 0 aliphatic heterocycles. The summed E-state index contributed by atoms with van der Waals surface area (Å²) in [5, 5.41) is 1.29. The molecule has 0 saturated heterocycles. The Morgan fingerprint density at radius 1 is 1.15 bits per heavy atom. The van der Waals surface area contributed by atoms with E-state index in [2.05, 4.69) is 0 Å². The number of halogens is 1. The zero-order valence-corrected chi connectivity index (χ0v) is 11.5. The second kappa shape index (κ2) is 5.02. The SMILES string of the molecule is COc1ccccc1C(=O)c1cc2c(Cl)cccc2o1. The first-order valence-electron chi connectivity index (χ1n) is 6.06. The number of methoxy groups -OCH3 is 1. The zero-order valence-electron chi connectivity index (χ0n) is 10.7. The van der Waals surface area contributed by atoms with Gasteiger partial charge in [-0.15, -0.1) is 0 Å². The number of fused-ring (bicyclic) bond motifs is 1. The van der Waals surface area contributed by atoms with Crippen molar-refractivity contribution in [1.82, 2.24) is 0 Å². The van der Waals surface area contributed by atoms with Gasteiger partial charge in [-0.2, -0.15) is 0 Å². The summed E-state index contributed by atoms with van der Waals surface area (Å²) in [7, 11) is 1.53. The van der Waals surface area contributed by atoms with Crippen LogP contribution in [-0.4, -0.2) is 12.9 Å². The lowest BCUT2D eigenvalue weighted by Gasteiger charge is -2.04. The maximum absolute atomic E-state index is 12.5. The van der Waals surface area contributed by atoms with Crippen LogP contribution >= 0.6 is 11.6 Å². The van der Waals surface area contributed by atoms with E-state index in [9.17, 15) is 4.79 Å². The summed E-state index contributed by atoms with van der Waals surface area (Å²) < 4.78 is 10.8. The van der Waals surface area contributed by atoms with Crippen LogP contribution in [0.3, 0.4) is 0 Å². The number of benzene rings is 2. The standard InChI is InChI=1S/C16H11ClO3/c1-19-13-7-3-2-5-10(13)16(18)15-9-11-12(17)6-4-8-14(11)20-15/h2-9H,1H3. The molecule has 20 heavy (non-hydrogen) atoms. The van der Waals surface area contributed by atoms with Crippen molar-refractivity contribution in [3.8, 4) is 5.75 Å². The summed E-state index contributed by atoms with van der Waals surface area (Å²) in [6, 6.07) is 14.0. The summed E-state index contributed by atoms with van der Waals surface area (Å²) in [5.74, 6) is 0.538. The predicted octanol–water partition coefficient (Wildman–Crippen LogP) is 4.33. The van der Waals surface area contributed by atoms with Gasteiger partial charge >= 0.3 is 0 Å². The molecule has 0 bridgehead atoms. The number of hydrogen-bond acceptors (Lipinski definition) is 3. The van der Waals surface area contributed by atoms with Crippen LogP contribution in [0.1, 0.15) is 16.1 Å². The molecule has 0 saturated carbocycles. The summed E-state index contributed by atoms with van der Waals surface area (Å²) in [4.78, 5) is 12.5. The van der Waals surface area contributed by atoms with E-state index in [0.29, 0.717) is 21.9 Å². The molecule has 0 radical (unpaired) electrons. The molecular weight excluding hydrogens is 276 g/mol. The van der Waals surface area contributed by atoms with Gasteiger partial charge in [0.1, 0.15) is 11.3 Å². The number of ether oxygens (including phenoxy) is 1. The summed E-state index contributed by atoms with van der Waals surface area (Å²) in [5.41, 5.74) is 1.06. The zero-order chi connectivity index (χ0) is 14.1. The van der Waals surface area contributed by atoms with Crippen molar-refractivity contribution in [2.45, 2.75) is 0 Å². The van der Waals surface area contributed by atoms with Crippen LogP contribution < -0.4 is 4.74 Å². The van der Waals surface area contributed by atoms with Gasteiger partial charge in [0.05, 0.1) is 17.7 Å². The van der Waals surface area contributed by atoms with Crippen LogP contribution in [0.15, 0.2) is 52.9 Å². The fraction of sp³-hybridized carbons (Fsp3) is 0.0625. The average molecular weight is 287 g/mol. The second-order valence-electron chi connectivity index (χ2n) is 4.29. The molecule has 3 aromatic rings. The third-order valence-corrected chi connectivity index (χ3v) is 3.41. The molecule has 0 N–H and O–H groups in total. The van der Waals surface area contributed by atoms with Gasteiger partial charge in [0.25, 0.3) is 0 Å². The Morgan fingerprint density at radius 2 is 1.95 bits per heavy atom. The van der Waals surface area contributed by atoms with Crippen LogP contribution in [0.2, 0.25) is 5.02 Å². The van der Waals surface area contributed by atoms with E-state index in [4.69, 9.17) is 20.8 Å². The first-order valence-corrected chi connectivity index (χ1v) is 6.44. The third-order valence-electron chi connectivity index (χ3n) is 3.08. The Bertz CT molecular complexity index is 789. The van der Waals surface area contributed by atoms with E-state index in [-0.39, 0.29) is 11.5 Å². The Morgan fingerprint density at radius 3 is 2.70 bits per heavy atom. The minimum atomic E-state index is -0.227. The number of rotatable bonds is 3. The summed E-state index contributed by atoms with van der Waals surface area (Å²) in [6.45, 7) is 0. The second-order valence-corrected chi connectivity index (χ2v) is 4.70. The molecule has 100 valence electrons.